The second kappa shape index (κ2) is 6.67. The Kier molecular flexibility index (Phi) is 4.21. The molecule has 148 valence electrons. The molecule has 1 amide bonds. The lowest BCUT2D eigenvalue weighted by molar-refractivity contribution is -0.166. The van der Waals surface area contributed by atoms with E-state index in [0.29, 0.717) is 10.6 Å². The summed E-state index contributed by atoms with van der Waals surface area (Å²) in [5, 5.41) is 11.7. The first-order chi connectivity index (χ1) is 14.0. The molecule has 1 saturated heterocycles. The normalized spacial score (nSPS) is 29.4. The van der Waals surface area contributed by atoms with E-state index in [0.717, 1.165) is 36.1 Å². The molecule has 5 heteroatoms. The molecule has 29 heavy (non-hydrogen) atoms. The van der Waals surface area contributed by atoms with Gasteiger partial charge in [-0.25, -0.2) is 0 Å². The number of fused-ring (bicyclic) bond motifs is 2. The number of piperidine rings is 1. The van der Waals surface area contributed by atoms with Crippen LogP contribution in [0.2, 0.25) is 5.02 Å². The maximum absolute atomic E-state index is 13.4. The van der Waals surface area contributed by atoms with Crippen LogP contribution in [-0.2, 0) is 4.79 Å². The van der Waals surface area contributed by atoms with E-state index in [4.69, 9.17) is 16.3 Å². The number of hydrogen-bond donors (Lipinski definition) is 1. The van der Waals surface area contributed by atoms with E-state index in [9.17, 15) is 9.90 Å². The molecule has 2 fully saturated rings. The third-order valence-corrected chi connectivity index (χ3v) is 6.82. The Hall–Kier alpha value is -2.72. The van der Waals surface area contributed by atoms with E-state index in [1.807, 2.05) is 36.4 Å². The molecule has 3 aliphatic rings. The first-order valence-electron chi connectivity index (χ1n) is 9.94. The summed E-state index contributed by atoms with van der Waals surface area (Å²) in [6.45, 7) is 0. The number of likely N-dealkylation sites (N-methyl/N-ethyl adjacent to an activating group) is 1. The van der Waals surface area contributed by atoms with Crippen molar-refractivity contribution in [2.45, 2.75) is 30.9 Å². The first kappa shape index (κ1) is 18.3. The van der Waals surface area contributed by atoms with E-state index in [2.05, 4.69) is 0 Å². The SMILES string of the molecule is CN1C(=O)/C(=C(O)/C=C/c2ccc(Cl)cc2)C2c3ccccc3OC13CCCC23. The smallest absolute Gasteiger partial charge is 0.256 e. The highest BCUT2D eigenvalue weighted by Crippen LogP contribution is 2.59. The number of aliphatic hydroxyl groups excluding tert-OH is 1. The highest BCUT2D eigenvalue weighted by molar-refractivity contribution is 6.30. The van der Waals surface area contributed by atoms with Gasteiger partial charge in [0.2, 0.25) is 0 Å². The zero-order valence-corrected chi connectivity index (χ0v) is 16.9. The van der Waals surface area contributed by atoms with Crippen molar-refractivity contribution >= 4 is 23.6 Å². The zero-order valence-electron chi connectivity index (χ0n) is 16.1. The van der Waals surface area contributed by atoms with E-state index >= 15 is 0 Å². The van der Waals surface area contributed by atoms with Gasteiger partial charge in [0.25, 0.3) is 5.91 Å². The quantitative estimate of drug-likeness (QED) is 0.542. The van der Waals surface area contributed by atoms with Gasteiger partial charge in [-0.15, -0.1) is 0 Å². The summed E-state index contributed by atoms with van der Waals surface area (Å²) in [4.78, 5) is 15.1. The number of aliphatic hydroxyl groups is 1. The number of halogens is 1. The molecule has 1 N–H and O–H groups in total. The summed E-state index contributed by atoms with van der Waals surface area (Å²) in [6, 6.07) is 15.2. The summed E-state index contributed by atoms with van der Waals surface area (Å²) in [5.74, 6) is 0.629. The molecule has 2 heterocycles. The average Bonchev–Trinajstić information content (AvgIpc) is 3.17. The van der Waals surface area contributed by atoms with Crippen LogP contribution < -0.4 is 4.74 Å². The molecule has 0 radical (unpaired) electrons. The van der Waals surface area contributed by atoms with Crippen LogP contribution in [0, 0.1) is 5.92 Å². The molecular formula is C24H22ClNO3. The molecule has 1 saturated carbocycles. The lowest BCUT2D eigenvalue weighted by atomic mass is 9.69. The number of para-hydroxylation sites is 1. The minimum atomic E-state index is -0.611. The molecule has 0 aromatic heterocycles. The van der Waals surface area contributed by atoms with Crippen LogP contribution in [0.5, 0.6) is 5.75 Å². The predicted octanol–water partition coefficient (Wildman–Crippen LogP) is 5.31. The summed E-state index contributed by atoms with van der Waals surface area (Å²) >= 11 is 5.94. The molecule has 2 aliphatic heterocycles. The molecule has 2 aromatic rings. The predicted molar refractivity (Wildman–Crippen MR) is 113 cm³/mol. The van der Waals surface area contributed by atoms with Crippen LogP contribution in [0.3, 0.4) is 0 Å². The maximum Gasteiger partial charge on any atom is 0.256 e. The fourth-order valence-electron chi connectivity index (χ4n) is 5.21. The number of hydrogen-bond acceptors (Lipinski definition) is 3. The number of carbonyl (C=O) groups is 1. The monoisotopic (exact) mass is 407 g/mol. The number of ether oxygens (including phenoxy) is 1. The minimum Gasteiger partial charge on any atom is -0.507 e. The van der Waals surface area contributed by atoms with Crippen molar-refractivity contribution in [2.24, 2.45) is 5.92 Å². The Labute approximate surface area is 175 Å². The number of benzene rings is 2. The Balaban J connectivity index is 1.63. The van der Waals surface area contributed by atoms with Gasteiger partial charge in [0.05, 0.1) is 5.57 Å². The van der Waals surface area contributed by atoms with Gasteiger partial charge >= 0.3 is 0 Å². The van der Waals surface area contributed by atoms with E-state index < -0.39 is 5.72 Å². The maximum atomic E-state index is 13.4. The largest absolute Gasteiger partial charge is 0.507 e. The molecule has 3 atom stereocenters. The van der Waals surface area contributed by atoms with Gasteiger partial charge < -0.3 is 14.7 Å². The van der Waals surface area contributed by atoms with Crippen LogP contribution >= 0.6 is 11.6 Å². The Morgan fingerprint density at radius 1 is 1.24 bits per heavy atom. The summed E-state index contributed by atoms with van der Waals surface area (Å²) < 4.78 is 6.44. The number of allylic oxidation sites excluding steroid dienone is 1. The fraction of sp³-hybridized carbons (Fsp3) is 0.292. The van der Waals surface area contributed by atoms with Crippen molar-refractivity contribution in [3.05, 3.63) is 82.1 Å². The van der Waals surface area contributed by atoms with Crippen LogP contribution in [-0.4, -0.2) is 28.7 Å². The summed E-state index contributed by atoms with van der Waals surface area (Å²) in [5.41, 5.74) is 1.73. The second-order valence-electron chi connectivity index (χ2n) is 8.01. The van der Waals surface area contributed by atoms with E-state index in [1.165, 1.54) is 0 Å². The van der Waals surface area contributed by atoms with Gasteiger partial charge in [-0.3, -0.25) is 4.79 Å². The molecule has 2 aromatic carbocycles. The minimum absolute atomic E-state index is 0.0130. The van der Waals surface area contributed by atoms with Gasteiger partial charge in [0, 0.05) is 35.9 Å². The van der Waals surface area contributed by atoms with Crippen molar-refractivity contribution in [3.63, 3.8) is 0 Å². The van der Waals surface area contributed by atoms with Crippen LogP contribution in [0.1, 0.15) is 36.3 Å². The van der Waals surface area contributed by atoms with Crippen LogP contribution in [0.15, 0.2) is 65.9 Å². The molecule has 0 spiro atoms. The highest BCUT2D eigenvalue weighted by atomic mass is 35.5. The number of carbonyl (C=O) groups excluding carboxylic acids is 1. The van der Waals surface area contributed by atoms with E-state index in [1.54, 1.807) is 36.2 Å². The number of nitrogens with zero attached hydrogens (tertiary/aromatic N) is 1. The molecule has 4 nitrogen and oxygen atoms in total. The molecule has 5 rings (SSSR count). The molecule has 3 unspecified atom stereocenters. The first-order valence-corrected chi connectivity index (χ1v) is 10.3. The molecule has 1 aliphatic carbocycles. The number of amides is 1. The third-order valence-electron chi connectivity index (χ3n) is 6.57. The van der Waals surface area contributed by atoms with Gasteiger partial charge in [0.15, 0.2) is 5.72 Å². The van der Waals surface area contributed by atoms with Gasteiger partial charge in [0.1, 0.15) is 11.5 Å². The van der Waals surface area contributed by atoms with Crippen molar-refractivity contribution in [3.8, 4) is 5.75 Å². The Bertz CT molecular complexity index is 1040. The topological polar surface area (TPSA) is 49.8 Å². The van der Waals surface area contributed by atoms with Gasteiger partial charge in [-0.1, -0.05) is 48.0 Å². The van der Waals surface area contributed by atoms with Gasteiger partial charge in [-0.05, 0) is 42.7 Å². The van der Waals surface area contributed by atoms with Gasteiger partial charge in [-0.2, -0.15) is 0 Å². The van der Waals surface area contributed by atoms with Crippen molar-refractivity contribution in [1.82, 2.24) is 4.90 Å². The fourth-order valence-corrected chi connectivity index (χ4v) is 5.34. The van der Waals surface area contributed by atoms with E-state index in [-0.39, 0.29) is 23.5 Å². The molecular weight excluding hydrogens is 386 g/mol. The summed E-state index contributed by atoms with van der Waals surface area (Å²) in [7, 11) is 1.79. The zero-order chi connectivity index (χ0) is 20.2. The number of likely N-dealkylation sites (tertiary alicyclic amines) is 1. The highest BCUT2D eigenvalue weighted by Gasteiger charge is 2.62. The molecule has 2 bridgehead atoms. The van der Waals surface area contributed by atoms with Crippen molar-refractivity contribution < 1.29 is 14.6 Å². The average molecular weight is 408 g/mol. The van der Waals surface area contributed by atoms with Crippen molar-refractivity contribution in [2.75, 3.05) is 7.05 Å². The summed E-state index contributed by atoms with van der Waals surface area (Å²) in [6.07, 6.45) is 6.20. The van der Waals surface area contributed by atoms with Crippen molar-refractivity contribution in [1.29, 1.82) is 0 Å². The Morgan fingerprint density at radius 2 is 2.00 bits per heavy atom. The lowest BCUT2D eigenvalue weighted by Gasteiger charge is -2.54. The van der Waals surface area contributed by atoms with Crippen LogP contribution in [0.25, 0.3) is 6.08 Å². The Morgan fingerprint density at radius 3 is 2.79 bits per heavy atom. The second-order valence-corrected chi connectivity index (χ2v) is 8.45. The third kappa shape index (κ3) is 2.70. The number of rotatable bonds is 2. The van der Waals surface area contributed by atoms with Crippen LogP contribution in [0.4, 0.5) is 0 Å². The standard InChI is InChI=1S/C24H22ClNO3/c1-26-23(28)22(19(27)13-10-15-8-11-16(25)12-9-15)21-17-5-2-3-7-20(17)29-24(26)14-4-6-18(21)24/h2-3,5,7-13,18,21,27H,4,6,14H2,1H3/b13-10+,22-19-. The lowest BCUT2D eigenvalue weighted by Crippen LogP contribution is -2.64.